The van der Waals surface area contributed by atoms with E-state index in [2.05, 4.69) is 15.6 Å². The smallest absolute Gasteiger partial charge is 0.410 e. The van der Waals surface area contributed by atoms with Crippen LogP contribution in [0.5, 0.6) is 5.75 Å². The van der Waals surface area contributed by atoms with Crippen LogP contribution in [0.3, 0.4) is 0 Å². The minimum absolute atomic E-state index is 0.0892. The molecule has 2 aromatic carbocycles. The molecule has 0 spiro atoms. The van der Waals surface area contributed by atoms with Crippen LogP contribution < -0.4 is 5.32 Å². The molecule has 3 aliphatic rings. The number of phenolic OH excluding ortho intramolecular Hbond substituents is 1. The first-order valence-corrected chi connectivity index (χ1v) is 16.6. The molecule has 0 saturated carbocycles. The molecule has 3 saturated heterocycles. The van der Waals surface area contributed by atoms with Crippen LogP contribution >= 0.6 is 0 Å². The Labute approximate surface area is 283 Å². The van der Waals surface area contributed by atoms with E-state index in [4.69, 9.17) is 14.2 Å². The zero-order chi connectivity index (χ0) is 34.2. The van der Waals surface area contributed by atoms with Crippen molar-refractivity contribution in [2.24, 2.45) is 0 Å². The molecule has 1 aromatic heterocycles. The Bertz CT molecular complexity index is 1610. The molecule has 3 aliphatic heterocycles. The van der Waals surface area contributed by atoms with E-state index >= 15 is 0 Å². The molecule has 0 radical (unpaired) electrons. The van der Waals surface area contributed by atoms with E-state index in [1.54, 1.807) is 40.0 Å². The number of phenols is 1. The second kappa shape index (κ2) is 15.9. The summed E-state index contributed by atoms with van der Waals surface area (Å²) in [6.07, 6.45) is 2.61. The fourth-order valence-electron chi connectivity index (χ4n) is 6.53. The van der Waals surface area contributed by atoms with Crippen molar-refractivity contribution < 1.29 is 38.5 Å². The van der Waals surface area contributed by atoms with E-state index < -0.39 is 18.2 Å². The third-order valence-electron chi connectivity index (χ3n) is 9.08. The second-order valence-electron chi connectivity index (χ2n) is 12.3. The average Bonchev–Trinajstić information content (AvgIpc) is 3.79. The number of likely N-dealkylation sites (tertiary alicyclic amines) is 1. The molecule has 3 fully saturated rings. The van der Waals surface area contributed by atoms with Crippen LogP contribution in [0, 0.1) is 0 Å². The van der Waals surface area contributed by atoms with Gasteiger partial charge in [0.15, 0.2) is 0 Å². The van der Waals surface area contributed by atoms with Crippen LogP contribution in [0.25, 0.3) is 11.3 Å². The van der Waals surface area contributed by atoms with E-state index in [-0.39, 0.29) is 82.2 Å². The maximum absolute atomic E-state index is 14.0. The lowest BCUT2D eigenvalue weighted by Gasteiger charge is -2.38. The number of fused-ring (bicyclic) bond motifs is 1. The largest absolute Gasteiger partial charge is 0.508 e. The van der Waals surface area contributed by atoms with Gasteiger partial charge in [-0.15, -0.1) is 5.10 Å². The van der Waals surface area contributed by atoms with Crippen molar-refractivity contribution in [2.45, 2.75) is 44.0 Å². The molecular formula is C34H41N7O8. The number of nitrogens with one attached hydrogen (secondary N) is 1. The number of hydrogen-bond donors (Lipinski definition) is 2. The highest BCUT2D eigenvalue weighted by Gasteiger charge is 2.44. The highest BCUT2D eigenvalue weighted by Crippen LogP contribution is 2.31. The van der Waals surface area contributed by atoms with Gasteiger partial charge < -0.3 is 39.3 Å². The van der Waals surface area contributed by atoms with Crippen LogP contribution in [0.15, 0.2) is 60.8 Å². The normalized spacial score (nSPS) is 21.9. The Morgan fingerprint density at radius 3 is 2.51 bits per heavy atom. The van der Waals surface area contributed by atoms with E-state index in [0.29, 0.717) is 43.6 Å². The third-order valence-corrected chi connectivity index (χ3v) is 9.08. The van der Waals surface area contributed by atoms with Crippen LogP contribution in [0.2, 0.25) is 0 Å². The molecular weight excluding hydrogens is 634 g/mol. The molecule has 6 rings (SSSR count). The average molecular weight is 676 g/mol. The standard InChI is InChI=1S/C34H41N7O8/c42-27-8-4-7-25(19-27)28-20-41(37-36-28)29-11-15-39-30(43)21-40(31(44)23-48-18-17-47-16-12-35-33(45)32(29)39)26-9-13-38(14-10-26)34(46)49-22-24-5-2-1-3-6-24/h1-8,19-20,26,29,32,42H,9-18,21-23H2,(H,35,45)/t29-,32+/m1/s1. The number of piperidine rings is 1. The highest BCUT2D eigenvalue weighted by atomic mass is 16.6. The summed E-state index contributed by atoms with van der Waals surface area (Å²) in [5.74, 6) is -0.997. The second-order valence-corrected chi connectivity index (χ2v) is 12.3. The number of carbonyl (C=O) groups is 4. The number of nitrogens with zero attached hydrogens (tertiary/aromatic N) is 6. The van der Waals surface area contributed by atoms with Crippen molar-refractivity contribution in [3.63, 3.8) is 0 Å². The summed E-state index contributed by atoms with van der Waals surface area (Å²) in [5, 5.41) is 21.4. The lowest BCUT2D eigenvalue weighted by molar-refractivity contribution is -0.148. The topological polar surface area (TPSA) is 169 Å². The van der Waals surface area contributed by atoms with Gasteiger partial charge in [0.1, 0.15) is 37.2 Å². The summed E-state index contributed by atoms with van der Waals surface area (Å²) in [7, 11) is 0. The summed E-state index contributed by atoms with van der Waals surface area (Å²) in [4.78, 5) is 58.7. The molecule has 2 atom stereocenters. The quantitative estimate of drug-likeness (QED) is 0.405. The van der Waals surface area contributed by atoms with Crippen molar-refractivity contribution >= 4 is 23.8 Å². The molecule has 15 nitrogen and oxygen atoms in total. The van der Waals surface area contributed by atoms with E-state index in [1.807, 2.05) is 30.3 Å². The lowest BCUT2D eigenvalue weighted by Crippen LogP contribution is -2.55. The number of aromatic nitrogens is 3. The molecule has 2 N–H and O–H groups in total. The SMILES string of the molecule is O=C1NCCOCCOCC(=O)N(C2CCN(C(=O)OCc3ccccc3)CC2)CC(=O)N2CC[C@@H](n3cc(-c4cccc(O)c4)nn3)[C@@H]12. The monoisotopic (exact) mass is 675 g/mol. The first kappa shape index (κ1) is 33.9. The Morgan fingerprint density at radius 1 is 0.918 bits per heavy atom. The number of rotatable bonds is 5. The van der Waals surface area contributed by atoms with Gasteiger partial charge in [-0.2, -0.15) is 0 Å². The minimum atomic E-state index is -0.911. The summed E-state index contributed by atoms with van der Waals surface area (Å²) in [6.45, 7) is 1.55. The van der Waals surface area contributed by atoms with Crippen molar-refractivity contribution in [1.29, 1.82) is 0 Å². The fourth-order valence-corrected chi connectivity index (χ4v) is 6.53. The summed E-state index contributed by atoms with van der Waals surface area (Å²) in [6, 6.07) is 14.3. The van der Waals surface area contributed by atoms with Crippen LogP contribution in [0.1, 0.15) is 30.9 Å². The number of hydrogen-bond acceptors (Lipinski definition) is 10. The van der Waals surface area contributed by atoms with Gasteiger partial charge in [-0.1, -0.05) is 47.7 Å². The van der Waals surface area contributed by atoms with Crippen LogP contribution in [-0.2, 0) is 35.2 Å². The van der Waals surface area contributed by atoms with E-state index in [9.17, 15) is 24.3 Å². The molecule has 4 amide bonds. The molecule has 0 aliphatic carbocycles. The number of amides is 4. The van der Waals surface area contributed by atoms with Crippen molar-refractivity contribution in [3.8, 4) is 17.0 Å². The lowest BCUT2D eigenvalue weighted by atomic mass is 10.0. The molecule has 49 heavy (non-hydrogen) atoms. The van der Waals surface area contributed by atoms with E-state index in [1.165, 1.54) is 9.80 Å². The van der Waals surface area contributed by atoms with Gasteiger partial charge >= 0.3 is 6.09 Å². The molecule has 15 heteroatoms. The zero-order valence-electron chi connectivity index (χ0n) is 27.2. The van der Waals surface area contributed by atoms with E-state index in [0.717, 1.165) is 5.56 Å². The summed E-state index contributed by atoms with van der Waals surface area (Å²) >= 11 is 0. The maximum Gasteiger partial charge on any atom is 0.410 e. The van der Waals surface area contributed by atoms with Gasteiger partial charge in [0.25, 0.3) is 0 Å². The Balaban J connectivity index is 1.16. The van der Waals surface area contributed by atoms with Gasteiger partial charge in [-0.3, -0.25) is 14.4 Å². The third kappa shape index (κ3) is 8.35. The van der Waals surface area contributed by atoms with Gasteiger partial charge in [0, 0.05) is 37.8 Å². The van der Waals surface area contributed by atoms with Gasteiger partial charge in [-0.25, -0.2) is 9.48 Å². The molecule has 3 aromatic rings. The Kier molecular flexibility index (Phi) is 11.0. The summed E-state index contributed by atoms with van der Waals surface area (Å²) in [5.41, 5.74) is 2.06. The zero-order valence-corrected chi connectivity index (χ0v) is 27.2. The fraction of sp³-hybridized carbons (Fsp3) is 0.471. The molecule has 0 bridgehead atoms. The van der Waals surface area contributed by atoms with Crippen molar-refractivity contribution in [2.75, 3.05) is 59.2 Å². The summed E-state index contributed by atoms with van der Waals surface area (Å²) < 4.78 is 18.3. The maximum atomic E-state index is 14.0. The van der Waals surface area contributed by atoms with Gasteiger partial charge in [-0.05, 0) is 37.0 Å². The van der Waals surface area contributed by atoms with Crippen LogP contribution in [0.4, 0.5) is 4.79 Å². The van der Waals surface area contributed by atoms with Crippen molar-refractivity contribution in [1.82, 2.24) is 35.0 Å². The Morgan fingerprint density at radius 2 is 1.71 bits per heavy atom. The first-order valence-electron chi connectivity index (χ1n) is 16.6. The highest BCUT2D eigenvalue weighted by molar-refractivity contribution is 5.91. The van der Waals surface area contributed by atoms with Crippen molar-refractivity contribution in [3.05, 3.63) is 66.4 Å². The molecule has 0 unspecified atom stereocenters. The number of ether oxygens (including phenoxy) is 3. The number of carbonyl (C=O) groups excluding carboxylic acids is 4. The van der Waals surface area contributed by atoms with Crippen LogP contribution in [-0.4, -0.2) is 130 Å². The first-order chi connectivity index (χ1) is 23.9. The number of benzene rings is 2. The van der Waals surface area contributed by atoms with Gasteiger partial charge in [0.2, 0.25) is 17.7 Å². The minimum Gasteiger partial charge on any atom is -0.508 e. The Hall–Kier alpha value is -5.02. The number of aromatic hydroxyl groups is 1. The predicted octanol–water partition coefficient (Wildman–Crippen LogP) is 1.59. The predicted molar refractivity (Wildman–Crippen MR) is 174 cm³/mol. The molecule has 4 heterocycles. The van der Waals surface area contributed by atoms with Gasteiger partial charge in [0.05, 0.1) is 32.1 Å². The molecule has 260 valence electrons.